The van der Waals surface area contributed by atoms with Gasteiger partial charge in [-0.25, -0.2) is 0 Å². The fourth-order valence-electron chi connectivity index (χ4n) is 0. The maximum atomic E-state index is 8.53. The number of thiol groups is 1. The SMILES string of the molecule is CC(N)(O)CS.[HH]. The smallest absolute Gasteiger partial charge is 0.119 e. The van der Waals surface area contributed by atoms with Crippen LogP contribution in [-0.4, -0.2) is 16.6 Å². The molecule has 6 heavy (non-hydrogen) atoms. The summed E-state index contributed by atoms with van der Waals surface area (Å²) in [4.78, 5) is 0. The molecule has 0 heterocycles. The van der Waals surface area contributed by atoms with Crippen molar-refractivity contribution in [2.45, 2.75) is 12.6 Å². The maximum absolute atomic E-state index is 8.53. The van der Waals surface area contributed by atoms with E-state index < -0.39 is 5.72 Å². The standard InChI is InChI=1S/C3H9NOS.H2/c1-3(4,5)2-6;/h5-6H,2,4H2,1H3;1H. The van der Waals surface area contributed by atoms with Gasteiger partial charge in [0.2, 0.25) is 0 Å². The van der Waals surface area contributed by atoms with Crippen LogP contribution in [0, 0.1) is 0 Å². The quantitative estimate of drug-likeness (QED) is 0.323. The molecule has 3 N–H and O–H groups in total. The van der Waals surface area contributed by atoms with Gasteiger partial charge in [0.15, 0.2) is 0 Å². The highest BCUT2D eigenvalue weighted by molar-refractivity contribution is 7.80. The van der Waals surface area contributed by atoms with Crippen LogP contribution in [0.1, 0.15) is 8.35 Å². The number of hydrogen-bond acceptors (Lipinski definition) is 3. The fourth-order valence-corrected chi connectivity index (χ4v) is 0. The predicted octanol–water partition coefficient (Wildman–Crippen LogP) is -0.171. The lowest BCUT2D eigenvalue weighted by Gasteiger charge is -2.11. The van der Waals surface area contributed by atoms with Gasteiger partial charge in [-0.3, -0.25) is 0 Å². The normalized spacial score (nSPS) is 20.0. The molecule has 0 aromatic heterocycles. The van der Waals surface area contributed by atoms with Crippen LogP contribution in [0.15, 0.2) is 0 Å². The Labute approximate surface area is 44.2 Å². The molecular formula is C3H11NOS. The Kier molecular flexibility index (Phi) is 1.90. The van der Waals surface area contributed by atoms with Gasteiger partial charge in [0.1, 0.15) is 5.72 Å². The molecule has 40 valence electrons. The third-order valence-corrected chi connectivity index (χ3v) is 0.960. The van der Waals surface area contributed by atoms with Crippen molar-refractivity contribution in [1.29, 1.82) is 0 Å². The molecule has 2 nitrogen and oxygen atoms in total. The maximum Gasteiger partial charge on any atom is 0.119 e. The van der Waals surface area contributed by atoms with Crippen LogP contribution in [0.2, 0.25) is 0 Å². The fraction of sp³-hybridized carbons (Fsp3) is 1.00. The Balaban J connectivity index is 0. The number of aliphatic hydroxyl groups is 1. The molecule has 0 fully saturated rings. The predicted molar refractivity (Wildman–Crippen MR) is 30.8 cm³/mol. The first-order valence-electron chi connectivity index (χ1n) is 1.68. The van der Waals surface area contributed by atoms with E-state index in [0.717, 1.165) is 0 Å². The average molecular weight is 109 g/mol. The van der Waals surface area contributed by atoms with Crippen molar-refractivity contribution in [3.05, 3.63) is 0 Å². The highest BCUT2D eigenvalue weighted by atomic mass is 32.1. The van der Waals surface area contributed by atoms with Crippen LogP contribution < -0.4 is 5.73 Å². The van der Waals surface area contributed by atoms with Crippen molar-refractivity contribution >= 4 is 12.6 Å². The Hall–Kier alpha value is 0.270. The van der Waals surface area contributed by atoms with E-state index in [0.29, 0.717) is 5.75 Å². The van der Waals surface area contributed by atoms with E-state index in [9.17, 15) is 0 Å². The summed E-state index contributed by atoms with van der Waals surface area (Å²) in [6.07, 6.45) is 0. The molecule has 0 saturated heterocycles. The van der Waals surface area contributed by atoms with Gasteiger partial charge in [-0.1, -0.05) is 0 Å². The van der Waals surface area contributed by atoms with Crippen LogP contribution in [0.25, 0.3) is 0 Å². The first-order chi connectivity index (χ1) is 2.56. The monoisotopic (exact) mass is 109 g/mol. The van der Waals surface area contributed by atoms with E-state index in [1.54, 1.807) is 0 Å². The lowest BCUT2D eigenvalue weighted by atomic mass is 10.3. The largest absolute Gasteiger partial charge is 0.376 e. The zero-order valence-electron chi connectivity index (χ0n) is 3.68. The van der Waals surface area contributed by atoms with Crippen LogP contribution in [-0.2, 0) is 0 Å². The van der Waals surface area contributed by atoms with Gasteiger partial charge in [-0.2, -0.15) is 12.6 Å². The summed E-state index contributed by atoms with van der Waals surface area (Å²) in [6.45, 7) is 1.50. The van der Waals surface area contributed by atoms with E-state index in [1.807, 2.05) is 0 Å². The van der Waals surface area contributed by atoms with Crippen molar-refractivity contribution in [1.82, 2.24) is 0 Å². The molecule has 1 unspecified atom stereocenters. The van der Waals surface area contributed by atoms with Crippen LogP contribution >= 0.6 is 12.6 Å². The van der Waals surface area contributed by atoms with Crippen LogP contribution in [0.4, 0.5) is 0 Å². The molecule has 0 rings (SSSR count). The van der Waals surface area contributed by atoms with E-state index in [2.05, 4.69) is 12.6 Å². The van der Waals surface area contributed by atoms with E-state index in [1.165, 1.54) is 6.92 Å². The van der Waals surface area contributed by atoms with E-state index >= 15 is 0 Å². The Bertz CT molecular complexity index is 44.7. The van der Waals surface area contributed by atoms with Gasteiger partial charge in [-0.05, 0) is 6.92 Å². The summed E-state index contributed by atoms with van der Waals surface area (Å²) < 4.78 is 0. The summed E-state index contributed by atoms with van der Waals surface area (Å²) in [5.41, 5.74) is 3.92. The zero-order valence-corrected chi connectivity index (χ0v) is 4.57. The molecule has 0 saturated carbocycles. The van der Waals surface area contributed by atoms with Gasteiger partial charge in [0.05, 0.1) is 0 Å². The van der Waals surface area contributed by atoms with Gasteiger partial charge in [0.25, 0.3) is 0 Å². The number of nitrogens with two attached hydrogens (primary N) is 1. The second kappa shape index (κ2) is 1.82. The first kappa shape index (κ1) is 6.27. The van der Waals surface area contributed by atoms with Crippen LogP contribution in [0.3, 0.4) is 0 Å². The van der Waals surface area contributed by atoms with Crippen LogP contribution in [0.5, 0.6) is 0 Å². The molecule has 3 heteroatoms. The molecule has 1 atom stereocenters. The van der Waals surface area contributed by atoms with E-state index in [4.69, 9.17) is 10.8 Å². The topological polar surface area (TPSA) is 46.2 Å². The summed E-state index contributed by atoms with van der Waals surface area (Å²) in [6, 6.07) is 0. The van der Waals surface area contributed by atoms with Crippen molar-refractivity contribution < 1.29 is 6.53 Å². The van der Waals surface area contributed by atoms with Gasteiger partial charge >= 0.3 is 0 Å². The van der Waals surface area contributed by atoms with Crippen molar-refractivity contribution in [2.75, 3.05) is 5.75 Å². The first-order valence-corrected chi connectivity index (χ1v) is 2.31. The summed E-state index contributed by atoms with van der Waals surface area (Å²) in [7, 11) is 0. The van der Waals surface area contributed by atoms with Gasteiger partial charge in [0, 0.05) is 7.18 Å². The highest BCUT2D eigenvalue weighted by Gasteiger charge is 2.06. The Morgan fingerprint density at radius 3 is 2.33 bits per heavy atom. The van der Waals surface area contributed by atoms with Crippen molar-refractivity contribution in [3.8, 4) is 0 Å². The lowest BCUT2D eigenvalue weighted by Crippen LogP contribution is -2.37. The molecule has 0 radical (unpaired) electrons. The minimum Gasteiger partial charge on any atom is -0.376 e. The zero-order chi connectivity index (χ0) is 5.21. The molecule has 0 aromatic rings. The highest BCUT2D eigenvalue weighted by Crippen LogP contribution is 1.91. The summed E-state index contributed by atoms with van der Waals surface area (Å²) in [5, 5.41) is 8.53. The summed E-state index contributed by atoms with van der Waals surface area (Å²) >= 11 is 3.73. The average Bonchev–Trinajstić information content (AvgIpc) is 1.35. The minimum atomic E-state index is -1.09. The number of hydrogen-bond donors (Lipinski definition) is 3. The third-order valence-electron chi connectivity index (χ3n) is 0.320. The second-order valence-corrected chi connectivity index (χ2v) is 1.83. The van der Waals surface area contributed by atoms with Crippen molar-refractivity contribution in [3.63, 3.8) is 0 Å². The molecule has 0 bridgehead atoms. The minimum absolute atomic E-state index is 0. The second-order valence-electron chi connectivity index (χ2n) is 1.52. The molecule has 0 aliphatic rings. The Morgan fingerprint density at radius 1 is 2.17 bits per heavy atom. The Morgan fingerprint density at radius 2 is 2.33 bits per heavy atom. The van der Waals surface area contributed by atoms with Gasteiger partial charge in [-0.15, -0.1) is 0 Å². The molecular weight excluding hydrogens is 98.1 g/mol. The lowest BCUT2D eigenvalue weighted by molar-refractivity contribution is 0.0937. The number of rotatable bonds is 1. The molecule has 0 amide bonds. The summed E-state index contributed by atoms with van der Waals surface area (Å²) in [5.74, 6) is 0.299. The third kappa shape index (κ3) is 4.27. The van der Waals surface area contributed by atoms with Gasteiger partial charge < -0.3 is 10.8 Å². The van der Waals surface area contributed by atoms with Crippen molar-refractivity contribution in [2.24, 2.45) is 5.73 Å². The molecule has 0 aliphatic carbocycles. The molecule has 0 aliphatic heterocycles. The molecule has 0 aromatic carbocycles. The van der Waals surface area contributed by atoms with E-state index in [-0.39, 0.29) is 1.43 Å². The molecule has 0 spiro atoms.